The lowest BCUT2D eigenvalue weighted by Gasteiger charge is -2.22. The molecule has 0 saturated heterocycles. The Labute approximate surface area is 226 Å². The van der Waals surface area contributed by atoms with Gasteiger partial charge in [-0.25, -0.2) is 4.98 Å². The molecule has 2 heterocycles. The number of hydrogen-bond donors (Lipinski definition) is 0. The van der Waals surface area contributed by atoms with Crippen LogP contribution in [0.25, 0.3) is 34.0 Å². The van der Waals surface area contributed by atoms with Crippen molar-refractivity contribution in [2.75, 3.05) is 6.61 Å². The van der Waals surface area contributed by atoms with Crippen LogP contribution < -0.4 is 4.74 Å². The number of halogens is 1. The molecule has 186 valence electrons. The van der Waals surface area contributed by atoms with Crippen LogP contribution in [0.1, 0.15) is 42.1 Å². The molecule has 0 saturated carbocycles. The van der Waals surface area contributed by atoms with Gasteiger partial charge in [-0.2, -0.15) is 10.5 Å². The molecule has 38 heavy (non-hydrogen) atoms. The molecule has 5 rings (SSSR count). The third kappa shape index (κ3) is 5.54. The first-order chi connectivity index (χ1) is 18.7. The van der Waals surface area contributed by atoms with Gasteiger partial charge < -0.3 is 9.30 Å². The molecule has 0 amide bonds. The molecule has 0 spiro atoms. The smallest absolute Gasteiger partial charge is 0.174 e. The highest BCUT2D eigenvalue weighted by Crippen LogP contribution is 2.34. The monoisotopic (exact) mass is 516 g/mol. The molecule has 0 unspecified atom stereocenters. The van der Waals surface area contributed by atoms with Crippen LogP contribution in [0.4, 0.5) is 0 Å². The minimum Gasteiger partial charge on any atom is -0.477 e. The van der Waals surface area contributed by atoms with E-state index in [2.05, 4.69) is 59.3 Å². The van der Waals surface area contributed by atoms with Gasteiger partial charge in [0.05, 0.1) is 28.8 Å². The van der Waals surface area contributed by atoms with Gasteiger partial charge in [0, 0.05) is 28.4 Å². The number of aromatic nitrogens is 2. The summed E-state index contributed by atoms with van der Waals surface area (Å²) in [5.74, 6) is 0.679. The predicted octanol–water partition coefficient (Wildman–Crippen LogP) is 8.20. The molecule has 5 aromatic rings. The van der Waals surface area contributed by atoms with Crippen molar-refractivity contribution in [2.24, 2.45) is 0 Å². The van der Waals surface area contributed by atoms with Crippen molar-refractivity contribution in [3.05, 3.63) is 107 Å². The van der Waals surface area contributed by atoms with E-state index in [1.54, 1.807) is 0 Å². The zero-order chi connectivity index (χ0) is 26.3. The maximum atomic E-state index is 9.17. The van der Waals surface area contributed by atoms with Crippen LogP contribution in [0.2, 0.25) is 5.02 Å². The van der Waals surface area contributed by atoms with Crippen molar-refractivity contribution in [3.8, 4) is 17.9 Å². The molecule has 6 heteroatoms. The first kappa shape index (κ1) is 25.1. The van der Waals surface area contributed by atoms with E-state index in [1.165, 1.54) is 0 Å². The summed E-state index contributed by atoms with van der Waals surface area (Å²) < 4.78 is 7.97. The van der Waals surface area contributed by atoms with Crippen molar-refractivity contribution in [1.29, 1.82) is 10.5 Å². The van der Waals surface area contributed by atoms with E-state index >= 15 is 0 Å². The lowest BCUT2D eigenvalue weighted by molar-refractivity contribution is 0.369. The fourth-order valence-corrected chi connectivity index (χ4v) is 4.93. The maximum absolute atomic E-state index is 9.17. The molecule has 0 N–H and O–H groups in total. The van der Waals surface area contributed by atoms with Gasteiger partial charge in [-0.3, -0.25) is 0 Å². The molecule has 0 bridgehead atoms. The van der Waals surface area contributed by atoms with Gasteiger partial charge >= 0.3 is 0 Å². The van der Waals surface area contributed by atoms with Gasteiger partial charge in [0.15, 0.2) is 6.61 Å². The molecule has 3 aromatic carbocycles. The summed E-state index contributed by atoms with van der Waals surface area (Å²) in [5, 5.41) is 21.0. The minimum atomic E-state index is -0.0152. The first-order valence-electron chi connectivity index (χ1n) is 12.5. The SMILES string of the molecule is N#CCCC[C@@H](c1cccc(/C=C/c2ccc3ccc(Cl)cc3n2)c1)n1ccc2cccc(OCC#N)c21. The molecule has 0 aliphatic heterocycles. The number of fused-ring (bicyclic) bond motifs is 2. The summed E-state index contributed by atoms with van der Waals surface area (Å²) in [4.78, 5) is 4.72. The summed E-state index contributed by atoms with van der Waals surface area (Å²) in [7, 11) is 0. The van der Waals surface area contributed by atoms with E-state index < -0.39 is 0 Å². The summed E-state index contributed by atoms with van der Waals surface area (Å²) in [6.45, 7) is -0.0152. The van der Waals surface area contributed by atoms with Crippen LogP contribution in [-0.4, -0.2) is 16.2 Å². The summed E-state index contributed by atoms with van der Waals surface area (Å²) in [5.41, 5.74) is 4.85. The molecule has 0 aliphatic carbocycles. The zero-order valence-electron chi connectivity index (χ0n) is 20.7. The molecule has 0 radical (unpaired) electrons. The summed E-state index contributed by atoms with van der Waals surface area (Å²) >= 11 is 6.15. The van der Waals surface area contributed by atoms with Crippen LogP contribution in [0.15, 0.2) is 85.1 Å². The van der Waals surface area contributed by atoms with E-state index in [4.69, 9.17) is 31.8 Å². The minimum absolute atomic E-state index is 0.00183. The fraction of sp³-hybridized carbons (Fsp3) is 0.156. The lowest BCUT2D eigenvalue weighted by atomic mass is 9.98. The predicted molar refractivity (Wildman–Crippen MR) is 153 cm³/mol. The standard InChI is InChI=1S/C32H25ClN4O/c33-27-13-11-24-12-15-28(36-29(24)22-27)14-10-23-5-3-7-26(21-23)30(8-1-2-17-34)37-19-16-25-6-4-9-31(32(25)37)38-20-18-35/h3-7,9-16,19,21-22,30H,1-2,8,20H2/b14-10+/t30-/m0/s1. The number of pyridine rings is 1. The highest BCUT2D eigenvalue weighted by molar-refractivity contribution is 6.31. The van der Waals surface area contributed by atoms with Crippen molar-refractivity contribution >= 4 is 45.6 Å². The number of nitrogens with zero attached hydrogens (tertiary/aromatic N) is 4. The average Bonchev–Trinajstić information content (AvgIpc) is 3.37. The largest absolute Gasteiger partial charge is 0.477 e. The Hall–Kier alpha value is -4.58. The number of ether oxygens (including phenoxy) is 1. The van der Waals surface area contributed by atoms with Gasteiger partial charge in [0.25, 0.3) is 0 Å². The van der Waals surface area contributed by atoms with Gasteiger partial charge in [-0.05, 0) is 66.4 Å². The summed E-state index contributed by atoms with van der Waals surface area (Å²) in [6.07, 6.45) is 8.18. The van der Waals surface area contributed by atoms with Crippen LogP contribution in [0, 0.1) is 22.7 Å². The third-order valence-corrected chi connectivity index (χ3v) is 6.75. The van der Waals surface area contributed by atoms with Crippen LogP contribution in [-0.2, 0) is 0 Å². The molecular weight excluding hydrogens is 492 g/mol. The number of nitriles is 2. The number of benzene rings is 3. The second kappa shape index (κ2) is 11.6. The van der Waals surface area contributed by atoms with E-state index in [0.29, 0.717) is 17.2 Å². The van der Waals surface area contributed by atoms with Crippen LogP contribution in [0.3, 0.4) is 0 Å². The van der Waals surface area contributed by atoms with Gasteiger partial charge in [-0.1, -0.05) is 60.1 Å². The third-order valence-electron chi connectivity index (χ3n) is 6.51. The van der Waals surface area contributed by atoms with E-state index in [0.717, 1.165) is 51.5 Å². The molecule has 5 nitrogen and oxygen atoms in total. The number of rotatable bonds is 9. The molecule has 1 atom stereocenters. The molecule has 0 aliphatic rings. The Balaban J connectivity index is 1.49. The topological polar surface area (TPSA) is 74.6 Å². The Morgan fingerprint density at radius 1 is 0.921 bits per heavy atom. The maximum Gasteiger partial charge on any atom is 0.174 e. The van der Waals surface area contributed by atoms with Gasteiger partial charge in [0.2, 0.25) is 0 Å². The highest BCUT2D eigenvalue weighted by Gasteiger charge is 2.18. The van der Waals surface area contributed by atoms with Crippen LogP contribution >= 0.6 is 11.6 Å². The quantitative estimate of drug-likeness (QED) is 0.185. The second-order valence-electron chi connectivity index (χ2n) is 9.01. The zero-order valence-corrected chi connectivity index (χ0v) is 21.5. The number of unbranched alkanes of at least 4 members (excludes halogenated alkanes) is 1. The highest BCUT2D eigenvalue weighted by atomic mass is 35.5. The Morgan fingerprint density at radius 3 is 2.66 bits per heavy atom. The number of hydrogen-bond acceptors (Lipinski definition) is 4. The second-order valence-corrected chi connectivity index (χ2v) is 9.44. The Kier molecular flexibility index (Phi) is 7.69. The van der Waals surface area contributed by atoms with Crippen molar-refractivity contribution < 1.29 is 4.74 Å². The fourth-order valence-electron chi connectivity index (χ4n) is 4.76. The Bertz CT molecular complexity index is 1710. The number of para-hydroxylation sites is 1. The van der Waals surface area contributed by atoms with Crippen molar-refractivity contribution in [3.63, 3.8) is 0 Å². The Morgan fingerprint density at radius 2 is 1.79 bits per heavy atom. The molecular formula is C32H25ClN4O. The van der Waals surface area contributed by atoms with Crippen molar-refractivity contribution in [1.82, 2.24) is 9.55 Å². The summed E-state index contributed by atoms with van der Waals surface area (Å²) in [6, 6.07) is 30.4. The first-order valence-corrected chi connectivity index (χ1v) is 12.8. The van der Waals surface area contributed by atoms with Gasteiger partial charge in [-0.15, -0.1) is 0 Å². The van der Waals surface area contributed by atoms with Crippen molar-refractivity contribution in [2.45, 2.75) is 25.3 Å². The van der Waals surface area contributed by atoms with E-state index in [-0.39, 0.29) is 12.6 Å². The van der Waals surface area contributed by atoms with Crippen LogP contribution in [0.5, 0.6) is 5.75 Å². The molecule has 2 aromatic heterocycles. The van der Waals surface area contributed by atoms with E-state index in [9.17, 15) is 0 Å². The molecule has 0 fully saturated rings. The lowest BCUT2D eigenvalue weighted by Crippen LogP contribution is -2.11. The average molecular weight is 517 g/mol. The van der Waals surface area contributed by atoms with E-state index in [1.807, 2.05) is 54.6 Å². The normalized spacial score (nSPS) is 12.0. The van der Waals surface area contributed by atoms with Gasteiger partial charge in [0.1, 0.15) is 11.8 Å².